The third kappa shape index (κ3) is 4.00. The highest BCUT2D eigenvalue weighted by Gasteiger charge is 2.24. The molecule has 1 fully saturated rings. The molecule has 0 bridgehead atoms. The lowest BCUT2D eigenvalue weighted by Crippen LogP contribution is -2.40. The van der Waals surface area contributed by atoms with E-state index in [0.717, 1.165) is 5.56 Å². The Bertz CT molecular complexity index is 516. The first kappa shape index (κ1) is 15.4. The summed E-state index contributed by atoms with van der Waals surface area (Å²) in [6.07, 6.45) is -0.794. The highest BCUT2D eigenvalue weighted by Crippen LogP contribution is 2.15. The van der Waals surface area contributed by atoms with E-state index >= 15 is 0 Å². The van der Waals surface area contributed by atoms with Crippen molar-refractivity contribution in [2.75, 3.05) is 26.4 Å². The molecule has 1 heterocycles. The van der Waals surface area contributed by atoms with E-state index in [1.54, 1.807) is 12.1 Å². The Balaban J connectivity index is 1.88. The van der Waals surface area contributed by atoms with Crippen molar-refractivity contribution in [3.8, 4) is 0 Å². The van der Waals surface area contributed by atoms with Crippen molar-refractivity contribution < 1.29 is 27.2 Å². The molecule has 1 N–H and O–H groups in total. The molecule has 0 radical (unpaired) electrons. The molecular weight excluding hydrogens is 284 g/mol. The minimum absolute atomic E-state index is 0.103. The molecule has 1 aliphatic rings. The van der Waals surface area contributed by atoms with Crippen LogP contribution in [0.5, 0.6) is 0 Å². The predicted molar refractivity (Wildman–Crippen MR) is 70.9 cm³/mol. The molecule has 0 saturated carbocycles. The van der Waals surface area contributed by atoms with Crippen LogP contribution in [-0.2, 0) is 23.8 Å². The average Bonchev–Trinajstić information content (AvgIpc) is 2.46. The van der Waals surface area contributed by atoms with Crippen LogP contribution in [0.1, 0.15) is 5.56 Å². The smallest absolute Gasteiger partial charge is 0.297 e. The van der Waals surface area contributed by atoms with Crippen LogP contribution in [0, 0.1) is 6.92 Å². The molecule has 2 atom stereocenters. The largest absolute Gasteiger partial charge is 0.394 e. The van der Waals surface area contributed by atoms with Crippen LogP contribution in [0.4, 0.5) is 0 Å². The minimum atomic E-state index is -3.78. The van der Waals surface area contributed by atoms with Crippen LogP contribution in [0.15, 0.2) is 29.2 Å². The summed E-state index contributed by atoms with van der Waals surface area (Å²) in [5.41, 5.74) is 0.975. The summed E-state index contributed by atoms with van der Waals surface area (Å²) >= 11 is 0. The maximum Gasteiger partial charge on any atom is 0.297 e. The van der Waals surface area contributed by atoms with Gasteiger partial charge in [-0.15, -0.1) is 0 Å². The van der Waals surface area contributed by atoms with Gasteiger partial charge in [0.15, 0.2) is 0 Å². The molecule has 0 spiro atoms. The molecule has 0 amide bonds. The van der Waals surface area contributed by atoms with E-state index in [9.17, 15) is 8.42 Å². The van der Waals surface area contributed by atoms with Crippen molar-refractivity contribution in [2.45, 2.75) is 24.0 Å². The van der Waals surface area contributed by atoms with Crippen molar-refractivity contribution >= 4 is 10.1 Å². The molecule has 20 heavy (non-hydrogen) atoms. The topological polar surface area (TPSA) is 82.1 Å². The van der Waals surface area contributed by atoms with Crippen LogP contribution >= 0.6 is 0 Å². The SMILES string of the molecule is Cc1ccc(S(=O)(=O)OC[C@@H]2CO[C@H](CO)CO2)cc1. The summed E-state index contributed by atoms with van der Waals surface area (Å²) < 4.78 is 39.5. The fraction of sp³-hybridized carbons (Fsp3) is 0.538. The van der Waals surface area contributed by atoms with Gasteiger partial charge in [-0.2, -0.15) is 8.42 Å². The molecule has 2 rings (SSSR count). The molecule has 1 saturated heterocycles. The maximum absolute atomic E-state index is 11.9. The van der Waals surface area contributed by atoms with Crippen LogP contribution < -0.4 is 0 Å². The zero-order chi connectivity index (χ0) is 14.6. The molecular formula is C13H18O6S. The summed E-state index contributed by atoms with van der Waals surface area (Å²) in [5, 5.41) is 8.88. The highest BCUT2D eigenvalue weighted by atomic mass is 32.2. The van der Waals surface area contributed by atoms with Crippen LogP contribution in [0.3, 0.4) is 0 Å². The van der Waals surface area contributed by atoms with Crippen molar-refractivity contribution in [1.82, 2.24) is 0 Å². The van der Waals surface area contributed by atoms with Gasteiger partial charge in [0.1, 0.15) is 12.2 Å². The first-order valence-electron chi connectivity index (χ1n) is 6.31. The van der Waals surface area contributed by atoms with E-state index in [0.29, 0.717) is 0 Å². The highest BCUT2D eigenvalue weighted by molar-refractivity contribution is 7.86. The van der Waals surface area contributed by atoms with Gasteiger partial charge >= 0.3 is 0 Å². The van der Waals surface area contributed by atoms with Gasteiger partial charge in [-0.25, -0.2) is 0 Å². The summed E-state index contributed by atoms with van der Waals surface area (Å²) in [6, 6.07) is 6.43. The van der Waals surface area contributed by atoms with Gasteiger partial charge in [0.25, 0.3) is 10.1 Å². The normalized spacial score (nSPS) is 23.7. The van der Waals surface area contributed by atoms with E-state index in [-0.39, 0.29) is 37.4 Å². The van der Waals surface area contributed by atoms with Crippen LogP contribution in [-0.4, -0.2) is 52.2 Å². The van der Waals surface area contributed by atoms with Gasteiger partial charge in [-0.3, -0.25) is 4.18 Å². The van der Waals surface area contributed by atoms with Gasteiger partial charge < -0.3 is 14.6 Å². The predicted octanol–water partition coefficient (Wildman–Crippen LogP) is 0.477. The zero-order valence-corrected chi connectivity index (χ0v) is 12.0. The summed E-state index contributed by atoms with van der Waals surface area (Å²) in [4.78, 5) is 0.119. The third-order valence-electron chi connectivity index (χ3n) is 2.96. The standard InChI is InChI=1S/C13H18O6S/c1-10-2-4-13(5-3-10)20(15,16)19-9-12-8-17-11(6-14)7-18-12/h2-5,11-12,14H,6-9H2,1H3/t11-,12+/m1/s1. The number of hydrogen-bond acceptors (Lipinski definition) is 6. The molecule has 0 unspecified atom stereocenters. The number of benzene rings is 1. The monoisotopic (exact) mass is 302 g/mol. The number of rotatable bonds is 5. The second-order valence-electron chi connectivity index (χ2n) is 4.64. The molecule has 1 aliphatic heterocycles. The Morgan fingerprint density at radius 1 is 1.20 bits per heavy atom. The van der Waals surface area contributed by atoms with E-state index in [1.807, 2.05) is 6.92 Å². The lowest BCUT2D eigenvalue weighted by atomic mass is 10.2. The number of aliphatic hydroxyl groups is 1. The van der Waals surface area contributed by atoms with Crippen molar-refractivity contribution in [2.24, 2.45) is 0 Å². The molecule has 1 aromatic rings. The Morgan fingerprint density at radius 2 is 1.80 bits per heavy atom. The number of ether oxygens (including phenoxy) is 2. The molecule has 0 aliphatic carbocycles. The van der Waals surface area contributed by atoms with E-state index in [2.05, 4.69) is 0 Å². The first-order valence-corrected chi connectivity index (χ1v) is 7.72. The second kappa shape index (κ2) is 6.64. The Morgan fingerprint density at radius 3 is 2.35 bits per heavy atom. The number of hydrogen-bond donors (Lipinski definition) is 1. The Kier molecular flexibility index (Phi) is 5.11. The molecule has 0 aromatic heterocycles. The lowest BCUT2D eigenvalue weighted by molar-refractivity contribution is -0.152. The Labute approximate surface area is 118 Å². The van der Waals surface area contributed by atoms with Gasteiger partial charge in [0, 0.05) is 0 Å². The van der Waals surface area contributed by atoms with Crippen LogP contribution in [0.2, 0.25) is 0 Å². The second-order valence-corrected chi connectivity index (χ2v) is 6.26. The van der Waals surface area contributed by atoms with Crippen molar-refractivity contribution in [1.29, 1.82) is 0 Å². The molecule has 6 nitrogen and oxygen atoms in total. The average molecular weight is 302 g/mol. The van der Waals surface area contributed by atoms with Gasteiger partial charge in [0.2, 0.25) is 0 Å². The van der Waals surface area contributed by atoms with E-state index < -0.39 is 16.2 Å². The third-order valence-corrected chi connectivity index (χ3v) is 4.25. The van der Waals surface area contributed by atoms with Gasteiger partial charge in [-0.05, 0) is 19.1 Å². The van der Waals surface area contributed by atoms with Gasteiger partial charge in [-0.1, -0.05) is 17.7 Å². The summed E-state index contributed by atoms with van der Waals surface area (Å²) in [6.45, 7) is 2.09. The fourth-order valence-electron chi connectivity index (χ4n) is 1.72. The van der Waals surface area contributed by atoms with Gasteiger partial charge in [0.05, 0.1) is 31.3 Å². The molecule has 7 heteroatoms. The molecule has 1 aromatic carbocycles. The maximum atomic E-state index is 11.9. The zero-order valence-electron chi connectivity index (χ0n) is 11.2. The van der Waals surface area contributed by atoms with E-state index in [1.165, 1.54) is 12.1 Å². The lowest BCUT2D eigenvalue weighted by Gasteiger charge is -2.28. The van der Waals surface area contributed by atoms with Crippen LogP contribution in [0.25, 0.3) is 0 Å². The Hall–Kier alpha value is -0.990. The fourth-order valence-corrected chi connectivity index (χ4v) is 2.66. The van der Waals surface area contributed by atoms with Crippen molar-refractivity contribution in [3.05, 3.63) is 29.8 Å². The minimum Gasteiger partial charge on any atom is -0.394 e. The van der Waals surface area contributed by atoms with E-state index in [4.69, 9.17) is 18.8 Å². The number of aliphatic hydroxyl groups excluding tert-OH is 1. The van der Waals surface area contributed by atoms with Crippen molar-refractivity contribution in [3.63, 3.8) is 0 Å². The summed E-state index contributed by atoms with van der Waals surface area (Å²) in [7, 11) is -3.78. The number of aryl methyl sites for hydroxylation is 1. The summed E-state index contributed by atoms with van der Waals surface area (Å²) in [5.74, 6) is 0. The first-order chi connectivity index (χ1) is 9.51. The quantitative estimate of drug-likeness (QED) is 0.797. The molecule has 112 valence electrons.